The number of hydrogen-bond donors (Lipinski definition) is 2. The summed E-state index contributed by atoms with van der Waals surface area (Å²) in [6.45, 7) is 3.28. The van der Waals surface area contributed by atoms with E-state index >= 15 is 0 Å². The minimum Gasteiger partial charge on any atom is -0.496 e. The maximum Gasteiger partial charge on any atom is 0.307 e. The van der Waals surface area contributed by atoms with Gasteiger partial charge in [0, 0.05) is 25.7 Å². The van der Waals surface area contributed by atoms with E-state index in [0.29, 0.717) is 56.7 Å². The van der Waals surface area contributed by atoms with Crippen LogP contribution in [-0.4, -0.2) is 68.0 Å². The zero-order valence-electron chi connectivity index (χ0n) is 25.9. The average Bonchev–Trinajstić information content (AvgIpc) is 3.08. The number of methoxy groups -OCH3 is 1. The predicted molar refractivity (Wildman–Crippen MR) is 170 cm³/mol. The number of amides is 3. The molecule has 0 unspecified atom stereocenters. The Hall–Kier alpha value is -4.66. The van der Waals surface area contributed by atoms with Crippen molar-refractivity contribution in [1.82, 2.24) is 15.5 Å². The number of nitrogens with one attached hydrogen (secondary N) is 2. The molecule has 3 amide bonds. The van der Waals surface area contributed by atoms with Crippen LogP contribution in [0.15, 0.2) is 78.9 Å². The summed E-state index contributed by atoms with van der Waals surface area (Å²) in [7, 11) is 1.54. The molecule has 0 bridgehead atoms. The quantitative estimate of drug-likeness (QED) is 0.330. The van der Waals surface area contributed by atoms with E-state index in [2.05, 4.69) is 10.6 Å². The number of ether oxygens (including phenoxy) is 2. The Balaban J connectivity index is 1.31. The largest absolute Gasteiger partial charge is 0.496 e. The average molecular weight is 612 g/mol. The zero-order valence-corrected chi connectivity index (χ0v) is 25.9. The van der Waals surface area contributed by atoms with Gasteiger partial charge in [0.2, 0.25) is 11.8 Å². The van der Waals surface area contributed by atoms with Crippen molar-refractivity contribution >= 4 is 23.7 Å². The standard InChI is InChI=1S/C36H41N3O6/c1-3-45-32(40)18-22-37-35(43)36(25-11-5-4-6-12-25)21-17-28(27-13-7-9-15-30(27)36)34(42)39-23-19-26(20-24-39)38-33(41)29-14-8-10-16-31(29)44-2/h4-16,26,28H,3,17-24H2,1-2H3,(H,37,43)(H,38,41)/t28-,36+/m0/s1. The molecule has 9 heteroatoms. The second kappa shape index (κ2) is 14.4. The summed E-state index contributed by atoms with van der Waals surface area (Å²) in [6, 6.07) is 24.5. The summed E-state index contributed by atoms with van der Waals surface area (Å²) in [6.07, 6.45) is 2.33. The van der Waals surface area contributed by atoms with Crippen molar-refractivity contribution in [2.24, 2.45) is 0 Å². The molecule has 1 fully saturated rings. The molecule has 2 N–H and O–H groups in total. The van der Waals surface area contributed by atoms with Gasteiger partial charge in [0.15, 0.2) is 0 Å². The van der Waals surface area contributed by atoms with Crippen LogP contribution in [0.25, 0.3) is 0 Å². The van der Waals surface area contributed by atoms with Crippen LogP contribution in [0.2, 0.25) is 0 Å². The molecule has 1 aliphatic carbocycles. The van der Waals surface area contributed by atoms with Crippen LogP contribution in [0.3, 0.4) is 0 Å². The van der Waals surface area contributed by atoms with Crippen LogP contribution in [0.1, 0.15) is 72.0 Å². The van der Waals surface area contributed by atoms with Gasteiger partial charge in [-0.15, -0.1) is 0 Å². The number of fused-ring (bicyclic) bond motifs is 1. The molecule has 236 valence electrons. The van der Waals surface area contributed by atoms with Gasteiger partial charge in [-0.05, 0) is 61.4 Å². The fraction of sp³-hybridized carbons (Fsp3) is 0.389. The third-order valence-corrected chi connectivity index (χ3v) is 8.97. The lowest BCUT2D eigenvalue weighted by Crippen LogP contribution is -2.51. The van der Waals surface area contributed by atoms with Crippen LogP contribution in [0.5, 0.6) is 5.75 Å². The number of esters is 1. The minimum absolute atomic E-state index is 0.0429. The third kappa shape index (κ3) is 6.72. The highest BCUT2D eigenvalue weighted by Crippen LogP contribution is 2.48. The van der Waals surface area contributed by atoms with Crippen molar-refractivity contribution in [3.8, 4) is 5.75 Å². The van der Waals surface area contributed by atoms with Crippen molar-refractivity contribution in [3.05, 3.63) is 101 Å². The molecule has 2 aliphatic rings. The molecule has 0 saturated carbocycles. The van der Waals surface area contributed by atoms with Crippen LogP contribution >= 0.6 is 0 Å². The maximum atomic E-state index is 14.1. The minimum atomic E-state index is -1.00. The highest BCUT2D eigenvalue weighted by molar-refractivity contribution is 5.97. The van der Waals surface area contributed by atoms with Crippen LogP contribution in [-0.2, 0) is 24.5 Å². The number of nitrogens with zero attached hydrogens (tertiary/aromatic N) is 1. The second-order valence-electron chi connectivity index (χ2n) is 11.5. The molecule has 0 radical (unpaired) electrons. The van der Waals surface area contributed by atoms with E-state index in [1.807, 2.05) is 65.6 Å². The molecule has 9 nitrogen and oxygen atoms in total. The van der Waals surface area contributed by atoms with Crippen molar-refractivity contribution in [1.29, 1.82) is 0 Å². The smallest absolute Gasteiger partial charge is 0.307 e. The Labute approximate surface area is 264 Å². The Morgan fingerprint density at radius 1 is 0.889 bits per heavy atom. The lowest BCUT2D eigenvalue weighted by Gasteiger charge is -2.42. The monoisotopic (exact) mass is 611 g/mol. The predicted octanol–water partition coefficient (Wildman–Crippen LogP) is 4.35. The number of piperidine rings is 1. The zero-order chi connectivity index (χ0) is 31.8. The van der Waals surface area contributed by atoms with Crippen molar-refractivity contribution in [2.75, 3.05) is 33.4 Å². The Bertz CT molecular complexity index is 1520. The van der Waals surface area contributed by atoms with Crippen LogP contribution < -0.4 is 15.4 Å². The number of hydrogen-bond acceptors (Lipinski definition) is 6. The van der Waals surface area contributed by atoms with Gasteiger partial charge in [0.05, 0.1) is 37.0 Å². The first-order valence-electron chi connectivity index (χ1n) is 15.7. The number of para-hydroxylation sites is 1. The molecule has 0 aromatic heterocycles. The van der Waals surface area contributed by atoms with E-state index in [-0.39, 0.29) is 48.6 Å². The Morgan fingerprint density at radius 3 is 2.31 bits per heavy atom. The van der Waals surface area contributed by atoms with E-state index in [1.54, 1.807) is 32.2 Å². The summed E-state index contributed by atoms with van der Waals surface area (Å²) in [5.74, 6) is -0.548. The van der Waals surface area contributed by atoms with E-state index in [1.165, 1.54) is 0 Å². The summed E-state index contributed by atoms with van der Waals surface area (Å²) in [5, 5.41) is 6.10. The first kappa shape index (κ1) is 31.8. The van der Waals surface area contributed by atoms with Crippen LogP contribution in [0, 0.1) is 0 Å². The van der Waals surface area contributed by atoms with E-state index in [9.17, 15) is 19.2 Å². The fourth-order valence-corrected chi connectivity index (χ4v) is 6.71. The highest BCUT2D eigenvalue weighted by Gasteiger charge is 2.48. The van der Waals surface area contributed by atoms with E-state index < -0.39 is 5.41 Å². The second-order valence-corrected chi connectivity index (χ2v) is 11.5. The lowest BCUT2D eigenvalue weighted by molar-refractivity contribution is -0.143. The molecule has 0 spiro atoms. The normalized spacial score (nSPS) is 19.6. The fourth-order valence-electron chi connectivity index (χ4n) is 6.71. The highest BCUT2D eigenvalue weighted by atomic mass is 16.5. The molecular weight excluding hydrogens is 570 g/mol. The van der Waals surface area contributed by atoms with Gasteiger partial charge >= 0.3 is 5.97 Å². The third-order valence-electron chi connectivity index (χ3n) is 8.97. The first-order valence-corrected chi connectivity index (χ1v) is 15.7. The number of carbonyl (C=O) groups excluding carboxylic acids is 4. The summed E-state index contributed by atoms with van der Waals surface area (Å²) < 4.78 is 10.4. The van der Waals surface area contributed by atoms with Crippen molar-refractivity contribution in [3.63, 3.8) is 0 Å². The van der Waals surface area contributed by atoms with Crippen molar-refractivity contribution in [2.45, 2.75) is 56.4 Å². The molecule has 2 atom stereocenters. The van der Waals surface area contributed by atoms with Crippen molar-refractivity contribution < 1.29 is 28.7 Å². The SMILES string of the molecule is CCOC(=O)CCNC(=O)[C@@]1(c2ccccc2)CC[C@H](C(=O)N2CCC(NC(=O)c3ccccc3OC)CC2)c2ccccc21. The molecule has 1 aliphatic heterocycles. The molecule has 5 rings (SSSR count). The number of rotatable bonds is 10. The topological polar surface area (TPSA) is 114 Å². The van der Waals surface area contributed by atoms with Gasteiger partial charge in [-0.25, -0.2) is 0 Å². The van der Waals surface area contributed by atoms with Gasteiger partial charge in [-0.2, -0.15) is 0 Å². The number of likely N-dealkylation sites (tertiary alicyclic amines) is 1. The lowest BCUT2D eigenvalue weighted by atomic mass is 9.62. The van der Waals surface area contributed by atoms with E-state index in [0.717, 1.165) is 16.7 Å². The molecular formula is C36H41N3O6. The van der Waals surface area contributed by atoms with Gasteiger partial charge < -0.3 is 25.0 Å². The summed E-state index contributed by atoms with van der Waals surface area (Å²) in [5.41, 5.74) is 2.00. The Kier molecular flexibility index (Phi) is 10.2. The molecule has 3 aromatic rings. The van der Waals surface area contributed by atoms with E-state index in [4.69, 9.17) is 9.47 Å². The van der Waals surface area contributed by atoms with Gasteiger partial charge in [-0.1, -0.05) is 66.7 Å². The maximum absolute atomic E-state index is 14.1. The summed E-state index contributed by atoms with van der Waals surface area (Å²) in [4.78, 5) is 54.9. The molecule has 3 aromatic carbocycles. The number of benzene rings is 3. The molecule has 1 saturated heterocycles. The summed E-state index contributed by atoms with van der Waals surface area (Å²) >= 11 is 0. The molecule has 45 heavy (non-hydrogen) atoms. The number of carbonyl (C=O) groups is 4. The van der Waals surface area contributed by atoms with Gasteiger partial charge in [0.25, 0.3) is 5.91 Å². The Morgan fingerprint density at radius 2 is 1.58 bits per heavy atom. The van der Waals surface area contributed by atoms with Crippen LogP contribution in [0.4, 0.5) is 0 Å². The van der Waals surface area contributed by atoms with Gasteiger partial charge in [-0.3, -0.25) is 19.2 Å². The first-order chi connectivity index (χ1) is 21.9. The van der Waals surface area contributed by atoms with Gasteiger partial charge in [0.1, 0.15) is 5.75 Å². The molecule has 1 heterocycles.